The number of rotatable bonds is 12. The Bertz CT molecular complexity index is 1310. The first-order chi connectivity index (χ1) is 24.1. The quantitative estimate of drug-likeness (QED) is 0.143. The molecule has 1 radical (unpaired) electrons. The summed E-state index contributed by atoms with van der Waals surface area (Å²) < 4.78 is 258. The van der Waals surface area contributed by atoms with Crippen LogP contribution in [0, 0.1) is 54.9 Å². The molecular weight excluding hydrogens is 1010 g/mol. The van der Waals surface area contributed by atoms with Gasteiger partial charge < -0.3 is 0 Å². The predicted molar refractivity (Wildman–Crippen MR) is 150 cm³/mol. The van der Waals surface area contributed by atoms with E-state index >= 15 is 0 Å². The molecule has 0 atom stereocenters. The van der Waals surface area contributed by atoms with Gasteiger partial charge in [0.15, 0.2) is 0 Å². The number of hydrogen-bond donors (Lipinski definition) is 0. The number of Topliss-reactive ketones (excluding diaryl/α,β-unsaturated/α-hetero) is 6. The van der Waals surface area contributed by atoms with E-state index in [-0.39, 0.29) is 38.6 Å². The molecule has 0 heterocycles. The number of halogens is 21. The molecule has 345 valence electrons. The van der Waals surface area contributed by atoms with Gasteiger partial charge in [-0.05, 0) is 0 Å². The van der Waals surface area contributed by atoms with Crippen LogP contribution in [0.4, 0.5) is 92.2 Å². The molecule has 0 aliphatic heterocycles. The van der Waals surface area contributed by atoms with E-state index in [2.05, 4.69) is 0 Å². The fraction of sp³-hybridized carbons (Fsp3) is 0.800. The second kappa shape index (κ2) is 19.3. The Morgan fingerprint density at radius 3 is 0.483 bits per heavy atom. The molecule has 0 saturated carbocycles. The van der Waals surface area contributed by atoms with Crippen LogP contribution in [0.5, 0.6) is 0 Å². The molecular formula is C30H33F21O6Tb. The maximum atomic E-state index is 12.9. The van der Waals surface area contributed by atoms with Gasteiger partial charge >= 0.3 is 54.1 Å². The van der Waals surface area contributed by atoms with E-state index in [4.69, 9.17) is 0 Å². The second-order valence-electron chi connectivity index (χ2n) is 14.8. The summed E-state index contributed by atoms with van der Waals surface area (Å²) in [6.07, 6.45) is -24.8. The van der Waals surface area contributed by atoms with Crippen LogP contribution in [0.1, 0.15) is 81.6 Å². The Balaban J connectivity index is -0.000000374. The van der Waals surface area contributed by atoms with Crippen molar-refractivity contribution in [3.63, 3.8) is 0 Å². The molecule has 0 rings (SSSR count). The van der Waals surface area contributed by atoms with Crippen LogP contribution in [-0.4, -0.2) is 88.8 Å². The van der Waals surface area contributed by atoms with E-state index in [1.165, 1.54) is 62.3 Å². The van der Waals surface area contributed by atoms with Gasteiger partial charge in [0.05, 0.1) is 19.3 Å². The summed E-state index contributed by atoms with van der Waals surface area (Å²) in [5.41, 5.74) is -3.92. The molecule has 0 aromatic heterocycles. The van der Waals surface area contributed by atoms with Gasteiger partial charge in [0.2, 0.25) is 17.3 Å². The average molecular weight is 1050 g/mol. The van der Waals surface area contributed by atoms with Crippen LogP contribution < -0.4 is 0 Å². The molecule has 0 aliphatic carbocycles. The summed E-state index contributed by atoms with van der Waals surface area (Å²) in [4.78, 5) is 66.2. The topological polar surface area (TPSA) is 102 Å². The van der Waals surface area contributed by atoms with Crippen molar-refractivity contribution in [2.24, 2.45) is 16.2 Å². The van der Waals surface area contributed by atoms with E-state index < -0.39 is 124 Å². The normalized spacial score (nSPS) is 14.2. The number of carbonyl (C=O) groups excluding carboxylic acids is 6. The van der Waals surface area contributed by atoms with E-state index in [1.807, 2.05) is 0 Å². The third kappa shape index (κ3) is 15.1. The fourth-order valence-electron chi connectivity index (χ4n) is 2.63. The monoisotopic (exact) mass is 1050 g/mol. The van der Waals surface area contributed by atoms with E-state index in [9.17, 15) is 121 Å². The summed E-state index contributed by atoms with van der Waals surface area (Å²) in [5.74, 6) is -49.2. The van der Waals surface area contributed by atoms with Gasteiger partial charge in [0.25, 0.3) is 0 Å². The van der Waals surface area contributed by atoms with Crippen molar-refractivity contribution in [1.29, 1.82) is 0 Å². The first kappa shape index (κ1) is 62.5. The minimum atomic E-state index is -6.59. The molecule has 0 aromatic rings. The minimum Gasteiger partial charge on any atom is -0.299 e. The van der Waals surface area contributed by atoms with E-state index in [0.29, 0.717) is 0 Å². The van der Waals surface area contributed by atoms with Crippen LogP contribution in [0.25, 0.3) is 0 Å². The third-order valence-corrected chi connectivity index (χ3v) is 6.77. The van der Waals surface area contributed by atoms with Crippen LogP contribution in [0.2, 0.25) is 0 Å². The number of carbonyl (C=O) groups is 6. The molecule has 0 saturated heterocycles. The Kier molecular flexibility index (Phi) is 20.8. The van der Waals surface area contributed by atoms with Crippen molar-refractivity contribution in [2.75, 3.05) is 0 Å². The number of hydrogen-bond acceptors (Lipinski definition) is 6. The number of alkyl halides is 21. The van der Waals surface area contributed by atoms with Gasteiger partial charge in [-0.25, -0.2) is 0 Å². The van der Waals surface area contributed by atoms with Crippen molar-refractivity contribution in [2.45, 2.75) is 136 Å². The standard InChI is InChI=1S/3C10H11F7O2.Tb/c3*1-7(2,3)5(18)4-6(19)8(11,12)9(13,14)10(15,16)17;/h3*4H2,1-3H3;. The van der Waals surface area contributed by atoms with Crippen LogP contribution in [0.15, 0.2) is 0 Å². The van der Waals surface area contributed by atoms with Crippen LogP contribution in [-0.2, 0) is 28.8 Å². The summed E-state index contributed by atoms with van der Waals surface area (Å²) >= 11 is 0. The maximum absolute atomic E-state index is 12.9. The molecule has 0 N–H and O–H groups in total. The van der Waals surface area contributed by atoms with Crippen molar-refractivity contribution in [3.8, 4) is 0 Å². The van der Waals surface area contributed by atoms with Gasteiger partial charge in [0.1, 0.15) is 17.3 Å². The molecule has 0 bridgehead atoms. The summed E-state index contributed by atoms with van der Waals surface area (Å²) in [7, 11) is 0. The average Bonchev–Trinajstić information content (AvgIpc) is 2.93. The molecule has 0 unspecified atom stereocenters. The molecule has 0 fully saturated rings. The van der Waals surface area contributed by atoms with Gasteiger partial charge in [-0.15, -0.1) is 0 Å². The SMILES string of the molecule is CC(C)(C)C(=O)CC(=O)C(F)(F)C(F)(F)C(F)(F)F.CC(C)(C)C(=O)CC(=O)C(F)(F)C(F)(F)C(F)(F)F.CC(C)(C)C(=O)CC(=O)C(F)(F)C(F)(F)C(F)(F)F.[Tb]. The summed E-state index contributed by atoms with van der Waals surface area (Å²) in [6, 6.07) is 0. The zero-order valence-electron chi connectivity index (χ0n) is 30.8. The van der Waals surface area contributed by atoms with Crippen molar-refractivity contribution < 1.29 is 160 Å². The minimum absolute atomic E-state index is 0. The van der Waals surface area contributed by atoms with Crippen molar-refractivity contribution in [3.05, 3.63) is 0 Å². The molecule has 0 spiro atoms. The van der Waals surface area contributed by atoms with E-state index in [0.717, 1.165) is 0 Å². The summed E-state index contributed by atoms with van der Waals surface area (Å²) in [5, 5.41) is 0. The van der Waals surface area contributed by atoms with Crippen LogP contribution in [0.3, 0.4) is 0 Å². The third-order valence-electron chi connectivity index (χ3n) is 6.77. The van der Waals surface area contributed by atoms with Crippen LogP contribution >= 0.6 is 0 Å². The maximum Gasteiger partial charge on any atom is 0.460 e. The zero-order valence-corrected chi connectivity index (χ0v) is 33.0. The van der Waals surface area contributed by atoms with Gasteiger partial charge in [-0.3, -0.25) is 28.8 Å². The van der Waals surface area contributed by atoms with E-state index in [1.54, 1.807) is 0 Å². The molecule has 0 amide bonds. The second-order valence-corrected chi connectivity index (χ2v) is 14.8. The Labute approximate surface area is 345 Å². The van der Waals surface area contributed by atoms with Gasteiger partial charge in [-0.2, -0.15) is 92.2 Å². The molecule has 28 heteroatoms. The largest absolute Gasteiger partial charge is 0.460 e. The molecule has 0 aliphatic rings. The zero-order chi connectivity index (χ0) is 47.6. The Morgan fingerprint density at radius 2 is 0.397 bits per heavy atom. The van der Waals surface area contributed by atoms with Gasteiger partial charge in [-0.1, -0.05) is 62.3 Å². The smallest absolute Gasteiger partial charge is 0.299 e. The van der Waals surface area contributed by atoms with Crippen molar-refractivity contribution in [1.82, 2.24) is 0 Å². The molecule has 58 heavy (non-hydrogen) atoms. The number of ketones is 6. The molecule has 0 aromatic carbocycles. The Morgan fingerprint density at radius 1 is 0.276 bits per heavy atom. The predicted octanol–water partition coefficient (Wildman–Crippen LogP) is 10.2. The first-order valence-electron chi connectivity index (χ1n) is 14.8. The van der Waals surface area contributed by atoms with Crippen molar-refractivity contribution >= 4 is 34.7 Å². The first-order valence-corrected chi connectivity index (χ1v) is 14.8. The Hall–Kier alpha value is -2.16. The summed E-state index contributed by atoms with van der Waals surface area (Å²) in [6.45, 7) is 10.9. The van der Waals surface area contributed by atoms with Gasteiger partial charge in [0, 0.05) is 54.9 Å². The molecule has 6 nitrogen and oxygen atoms in total. The fourth-order valence-corrected chi connectivity index (χ4v) is 2.63.